The van der Waals surface area contributed by atoms with Crippen LogP contribution in [-0.2, 0) is 30.5 Å². The van der Waals surface area contributed by atoms with E-state index in [1.807, 2.05) is 0 Å². The molecule has 1 fully saturated rings. The van der Waals surface area contributed by atoms with Crippen molar-refractivity contribution >= 4 is 29.5 Å². The summed E-state index contributed by atoms with van der Waals surface area (Å²) in [4.78, 5) is 46.6. The number of phenolic OH excluding ortho intramolecular Hbond substituents is 1. The fourth-order valence-corrected chi connectivity index (χ4v) is 3.31. The fourth-order valence-electron chi connectivity index (χ4n) is 3.31. The number of nitrogens with one attached hydrogen (secondary N) is 1. The topological polar surface area (TPSA) is 209 Å². The lowest BCUT2D eigenvalue weighted by Crippen LogP contribution is -2.32. The van der Waals surface area contributed by atoms with E-state index in [0.29, 0.717) is 51.0 Å². The van der Waals surface area contributed by atoms with Crippen molar-refractivity contribution in [1.82, 2.24) is 4.90 Å². The Hall–Kier alpha value is -3.52. The average Bonchev–Trinajstić information content (AvgIpc) is 3.18. The molecule has 37 heavy (non-hydrogen) atoms. The van der Waals surface area contributed by atoms with Crippen molar-refractivity contribution < 1.29 is 49.1 Å². The highest BCUT2D eigenvalue weighted by Crippen LogP contribution is 2.25. The number of nitrogens with two attached hydrogens (primary N) is 1. The third kappa shape index (κ3) is 12.3. The van der Waals surface area contributed by atoms with Crippen LogP contribution in [0, 0.1) is 0 Å². The summed E-state index contributed by atoms with van der Waals surface area (Å²) >= 11 is 0. The number of imide groups is 1. The van der Waals surface area contributed by atoms with Crippen LogP contribution in [0.1, 0.15) is 37.7 Å². The van der Waals surface area contributed by atoms with E-state index in [9.17, 15) is 24.3 Å². The normalized spacial score (nSPS) is 18.3. The third-order valence-corrected chi connectivity index (χ3v) is 5.07. The summed E-state index contributed by atoms with van der Waals surface area (Å²) in [5.41, 5.74) is 5.68. The molecule has 0 bridgehead atoms. The van der Waals surface area contributed by atoms with E-state index in [1.54, 1.807) is 6.07 Å². The fraction of sp³-hybridized carbons (Fsp3) is 0.500. The first-order chi connectivity index (χ1) is 17.7. The number of carbonyl (C=O) groups excluding carboxylic acids is 4. The molecule has 7 N–H and O–H groups in total. The van der Waals surface area contributed by atoms with Crippen LogP contribution < -0.4 is 11.1 Å². The minimum Gasteiger partial charge on any atom is -0.506 e. The number of anilines is 1. The predicted octanol–water partition coefficient (Wildman–Crippen LogP) is 0.148. The summed E-state index contributed by atoms with van der Waals surface area (Å²) in [5.74, 6) is -1.01. The number of ether oxygens (including phenoxy) is 2. The number of phenols is 1. The summed E-state index contributed by atoms with van der Waals surface area (Å²) in [6, 6.07) is 4.42. The van der Waals surface area contributed by atoms with Crippen LogP contribution in [-0.4, -0.2) is 88.2 Å². The quantitative estimate of drug-likeness (QED) is 0.146. The maximum absolute atomic E-state index is 12.0. The number of hydrogen-bond acceptors (Lipinski definition) is 10. The van der Waals surface area contributed by atoms with E-state index in [4.69, 9.17) is 25.8 Å². The molecule has 1 aromatic carbocycles. The number of nitrogens with zero attached hydrogens (tertiary/aromatic N) is 1. The molecule has 206 valence electrons. The molecule has 1 saturated heterocycles. The van der Waals surface area contributed by atoms with Crippen molar-refractivity contribution in [2.75, 3.05) is 32.2 Å². The number of aliphatic hydroxyl groups excluding tert-OH is 3. The number of primary amides is 1. The van der Waals surface area contributed by atoms with Crippen LogP contribution in [0.3, 0.4) is 0 Å². The maximum Gasteiger partial charge on any atom is 0.404 e. The number of unbranched alkanes of at least 4 members (excludes halogenated alkanes) is 2. The van der Waals surface area contributed by atoms with Gasteiger partial charge in [0.2, 0.25) is 5.91 Å². The van der Waals surface area contributed by atoms with Gasteiger partial charge >= 0.3 is 6.09 Å². The van der Waals surface area contributed by atoms with Crippen LogP contribution >= 0.6 is 0 Å². The van der Waals surface area contributed by atoms with Gasteiger partial charge in [0.25, 0.3) is 11.8 Å². The van der Waals surface area contributed by atoms with Crippen LogP contribution in [0.5, 0.6) is 5.75 Å². The number of hydrogen-bond donors (Lipinski definition) is 6. The second-order valence-electron chi connectivity index (χ2n) is 8.06. The number of aliphatic hydroxyl groups is 3. The highest BCUT2D eigenvalue weighted by atomic mass is 16.5. The summed E-state index contributed by atoms with van der Waals surface area (Å²) < 4.78 is 9.46. The average molecular weight is 526 g/mol. The predicted molar refractivity (Wildman–Crippen MR) is 131 cm³/mol. The van der Waals surface area contributed by atoms with Crippen LogP contribution in [0.4, 0.5) is 10.5 Å². The van der Waals surface area contributed by atoms with Crippen molar-refractivity contribution in [3.63, 3.8) is 0 Å². The lowest BCUT2D eigenvalue weighted by atomic mass is 10.1. The van der Waals surface area contributed by atoms with E-state index in [0.717, 1.165) is 12.0 Å². The van der Waals surface area contributed by atoms with Crippen molar-refractivity contribution in [2.45, 2.75) is 50.9 Å². The number of rotatable bonds is 9. The number of aromatic hydroxyl groups is 1. The number of benzene rings is 1. The Balaban J connectivity index is 0.000000574. The highest BCUT2D eigenvalue weighted by molar-refractivity contribution is 6.12. The first-order valence-electron chi connectivity index (χ1n) is 11.6. The van der Waals surface area contributed by atoms with E-state index in [-0.39, 0.29) is 42.2 Å². The molecule has 2 aliphatic rings. The van der Waals surface area contributed by atoms with Gasteiger partial charge in [0.1, 0.15) is 12.4 Å². The smallest absolute Gasteiger partial charge is 0.404 e. The van der Waals surface area contributed by atoms with Crippen molar-refractivity contribution in [3.8, 4) is 5.75 Å². The zero-order chi connectivity index (χ0) is 27.8. The Morgan fingerprint density at radius 1 is 1.08 bits per heavy atom. The molecular weight excluding hydrogens is 490 g/mol. The molecule has 1 aromatic rings. The van der Waals surface area contributed by atoms with E-state index < -0.39 is 18.3 Å². The van der Waals surface area contributed by atoms with Crippen LogP contribution in [0.25, 0.3) is 0 Å². The highest BCUT2D eigenvalue weighted by Gasteiger charge is 2.22. The summed E-state index contributed by atoms with van der Waals surface area (Å²) in [7, 11) is 1.00. The van der Waals surface area contributed by atoms with E-state index in [1.165, 1.54) is 24.3 Å². The second kappa shape index (κ2) is 17.0. The first-order valence-corrected chi connectivity index (χ1v) is 11.6. The van der Waals surface area contributed by atoms with Crippen LogP contribution in [0.15, 0.2) is 30.4 Å². The Labute approximate surface area is 214 Å². The van der Waals surface area contributed by atoms with Crippen molar-refractivity contribution in [1.29, 1.82) is 0 Å². The SMILES string of the molecule is CO.NC(=O)OCc1ccc(O)c(NC(=O)CCCCCN2C(=O)C=CC2=O)c1.OC1COCC(O)C1. The molecule has 0 saturated carbocycles. The molecular formula is C24H35N3O10. The molecule has 3 rings (SSSR count). The molecule has 2 atom stereocenters. The molecule has 13 heteroatoms. The zero-order valence-corrected chi connectivity index (χ0v) is 20.7. The van der Waals surface area contributed by atoms with Gasteiger partial charge < -0.3 is 41.0 Å². The molecule has 4 amide bonds. The molecule has 13 nitrogen and oxygen atoms in total. The Bertz CT molecular complexity index is 911. The standard InChI is InChI=1S/C18H21N3O6.C5H10O3.CH4O/c19-18(26)27-11-12-5-6-14(22)13(10-12)20-15(23)4-2-1-3-9-21-16(24)7-8-17(21)25;6-4-1-5(7)3-8-2-4;1-2/h5-8,10,22H,1-4,9,11H2,(H2,19,26)(H,20,23);4-7H,1-3H2;2H,1H3. The molecule has 2 aliphatic heterocycles. The molecule has 0 spiro atoms. The van der Waals surface area contributed by atoms with Crippen molar-refractivity contribution in [3.05, 3.63) is 35.9 Å². The molecule has 0 aliphatic carbocycles. The first kappa shape index (κ1) is 31.5. The van der Waals surface area contributed by atoms with Crippen LogP contribution in [0.2, 0.25) is 0 Å². The minimum absolute atomic E-state index is 0.0682. The summed E-state index contributed by atoms with van der Waals surface area (Å²) in [6.07, 6.45) is 3.18. The molecule has 0 radical (unpaired) electrons. The molecule has 2 heterocycles. The van der Waals surface area contributed by atoms with Gasteiger partial charge in [0, 0.05) is 38.6 Å². The van der Waals surface area contributed by atoms with Gasteiger partial charge in [0.05, 0.1) is 31.1 Å². The van der Waals surface area contributed by atoms with Gasteiger partial charge in [-0.1, -0.05) is 12.5 Å². The maximum atomic E-state index is 12.0. The third-order valence-electron chi connectivity index (χ3n) is 5.07. The van der Waals surface area contributed by atoms with Gasteiger partial charge in [-0.2, -0.15) is 0 Å². The molecule has 0 aromatic heterocycles. The van der Waals surface area contributed by atoms with Gasteiger partial charge in [0.15, 0.2) is 0 Å². The summed E-state index contributed by atoms with van der Waals surface area (Å²) in [6.45, 7) is 1.00. The Morgan fingerprint density at radius 2 is 1.70 bits per heavy atom. The Kier molecular flexibility index (Phi) is 14.5. The number of carbonyl (C=O) groups is 4. The zero-order valence-electron chi connectivity index (χ0n) is 20.7. The van der Waals surface area contributed by atoms with Gasteiger partial charge in [-0.25, -0.2) is 4.79 Å². The Morgan fingerprint density at radius 3 is 2.24 bits per heavy atom. The van der Waals surface area contributed by atoms with Crippen molar-refractivity contribution in [2.24, 2.45) is 5.73 Å². The monoisotopic (exact) mass is 525 g/mol. The summed E-state index contributed by atoms with van der Waals surface area (Å²) in [5, 5.41) is 37.0. The largest absolute Gasteiger partial charge is 0.506 e. The lowest BCUT2D eigenvalue weighted by molar-refractivity contribution is -0.136. The van der Waals surface area contributed by atoms with E-state index in [2.05, 4.69) is 10.1 Å². The van der Waals surface area contributed by atoms with E-state index >= 15 is 0 Å². The van der Waals surface area contributed by atoms with Gasteiger partial charge in [-0.15, -0.1) is 0 Å². The van der Waals surface area contributed by atoms with Gasteiger partial charge in [-0.05, 0) is 30.5 Å². The lowest BCUT2D eigenvalue weighted by Gasteiger charge is -2.21. The second-order valence-corrected chi connectivity index (χ2v) is 8.06. The number of amides is 4. The molecule has 2 unspecified atom stereocenters. The minimum atomic E-state index is -0.915. The van der Waals surface area contributed by atoms with Gasteiger partial charge in [-0.3, -0.25) is 19.3 Å².